The van der Waals surface area contributed by atoms with Crippen molar-refractivity contribution >= 4 is 18.5 Å². The molecule has 1 fully saturated rings. The van der Waals surface area contributed by atoms with Crippen LogP contribution in [0.2, 0.25) is 0 Å². The highest BCUT2D eigenvalue weighted by Gasteiger charge is 2.30. The maximum Gasteiger partial charge on any atom is -0.00107 e. The molecule has 0 saturated heterocycles. The molecule has 0 N–H and O–H groups in total. The predicted octanol–water partition coefficient (Wildman–Crippen LogP) is 4.75. The molecule has 1 saturated carbocycles. The minimum absolute atomic E-state index is 0.268. The summed E-state index contributed by atoms with van der Waals surface area (Å²) in [6, 6.07) is 0. The maximum absolute atomic E-state index is 6.50. The Bertz CT molecular complexity index is 133. The Morgan fingerprint density at radius 3 is 2.00 bits per heavy atom. The van der Waals surface area contributed by atoms with E-state index in [0.29, 0.717) is 5.16 Å². The van der Waals surface area contributed by atoms with Crippen molar-refractivity contribution in [1.29, 1.82) is 0 Å². The average molecular weight is 207 g/mol. The topological polar surface area (TPSA) is 0 Å². The summed E-state index contributed by atoms with van der Waals surface area (Å²) in [5.41, 5.74) is 0.843. The molecule has 0 heterocycles. The Morgan fingerprint density at radius 1 is 1.08 bits per heavy atom. The van der Waals surface area contributed by atoms with Crippen molar-refractivity contribution in [2.75, 3.05) is 0 Å². The number of hydrogen-bond acceptors (Lipinski definition) is 0. The fourth-order valence-electron chi connectivity index (χ4n) is 1.86. The van der Waals surface area contributed by atoms with Crippen LogP contribution in [0, 0.1) is 0 Å². The molecule has 2 heteroatoms. The minimum Gasteiger partial charge on any atom is -0.0956 e. The summed E-state index contributed by atoms with van der Waals surface area (Å²) in [6.45, 7) is 6.83. The molecule has 1 atom stereocenters. The number of halogens is 1. The fourth-order valence-corrected chi connectivity index (χ4v) is 4.35. The molecule has 0 aromatic carbocycles. The Morgan fingerprint density at radius 2 is 1.58 bits per heavy atom. The van der Waals surface area contributed by atoms with Crippen molar-refractivity contribution in [3.63, 3.8) is 0 Å². The lowest BCUT2D eigenvalue weighted by molar-refractivity contribution is 0.508. The molecule has 0 aromatic rings. The third kappa shape index (κ3) is 2.89. The van der Waals surface area contributed by atoms with Gasteiger partial charge in [0, 0.05) is 0 Å². The second kappa shape index (κ2) is 4.29. The van der Waals surface area contributed by atoms with Crippen molar-refractivity contribution in [3.8, 4) is 0 Å². The Kier molecular flexibility index (Phi) is 3.86. The van der Waals surface area contributed by atoms with Crippen LogP contribution in [-0.4, -0.2) is 10.8 Å². The summed E-state index contributed by atoms with van der Waals surface area (Å²) in [5.74, 6) is 0. The van der Waals surface area contributed by atoms with E-state index in [2.05, 4.69) is 20.8 Å². The van der Waals surface area contributed by atoms with E-state index in [1.807, 2.05) is 0 Å². The largest absolute Gasteiger partial charge is 0.0956 e. The number of rotatable bonds is 1. The van der Waals surface area contributed by atoms with Gasteiger partial charge in [0.15, 0.2) is 0 Å². The monoisotopic (exact) mass is 206 g/mol. The summed E-state index contributed by atoms with van der Waals surface area (Å²) < 4.78 is 0. The first kappa shape index (κ1) is 10.8. The van der Waals surface area contributed by atoms with Gasteiger partial charge in [-0.3, -0.25) is 0 Å². The first-order chi connectivity index (χ1) is 5.52. The van der Waals surface area contributed by atoms with Gasteiger partial charge in [-0.2, -0.15) is 0 Å². The van der Waals surface area contributed by atoms with Gasteiger partial charge < -0.3 is 0 Å². The van der Waals surface area contributed by atoms with Gasteiger partial charge in [0.2, 0.25) is 0 Å². The van der Waals surface area contributed by atoms with E-state index in [9.17, 15) is 0 Å². The molecule has 0 bridgehead atoms. The van der Waals surface area contributed by atoms with E-state index < -0.39 is 0 Å². The summed E-state index contributed by atoms with van der Waals surface area (Å²) in [5, 5.41) is 0.346. The first-order valence-electron chi connectivity index (χ1n) is 4.97. The molecule has 0 amide bonds. The van der Waals surface area contributed by atoms with E-state index in [1.165, 1.54) is 32.1 Å². The molecule has 72 valence electrons. The first-order valence-corrected chi connectivity index (χ1v) is 7.28. The van der Waals surface area contributed by atoms with E-state index in [-0.39, 0.29) is 7.27 Å². The Balaban J connectivity index is 2.45. The zero-order valence-electron chi connectivity index (χ0n) is 8.44. The molecule has 0 nitrogen and oxygen atoms in total. The molecule has 0 aliphatic heterocycles. The fraction of sp³-hybridized carbons (Fsp3) is 1.00. The Hall–Kier alpha value is 0.720. The SMILES string of the molecule is CC(C)(C)P(Cl)C1CCCCC1. The van der Waals surface area contributed by atoms with Gasteiger partial charge in [0.05, 0.1) is 0 Å². The van der Waals surface area contributed by atoms with Gasteiger partial charge in [-0.05, 0) is 30.9 Å². The van der Waals surface area contributed by atoms with Crippen LogP contribution in [0.5, 0.6) is 0 Å². The van der Waals surface area contributed by atoms with Crippen LogP contribution in [-0.2, 0) is 0 Å². The second-order valence-corrected chi connectivity index (χ2v) is 8.56. The van der Waals surface area contributed by atoms with Crippen LogP contribution in [0.3, 0.4) is 0 Å². The predicted molar refractivity (Wildman–Crippen MR) is 59.4 cm³/mol. The van der Waals surface area contributed by atoms with Crippen LogP contribution in [0.4, 0.5) is 0 Å². The molecule has 1 rings (SSSR count). The van der Waals surface area contributed by atoms with Crippen LogP contribution in [0.1, 0.15) is 52.9 Å². The van der Waals surface area contributed by atoms with Gasteiger partial charge in [-0.15, -0.1) is 0 Å². The van der Waals surface area contributed by atoms with Gasteiger partial charge in [0.25, 0.3) is 0 Å². The van der Waals surface area contributed by atoms with Crippen molar-refractivity contribution in [2.24, 2.45) is 0 Å². The lowest BCUT2D eigenvalue weighted by Gasteiger charge is -2.34. The van der Waals surface area contributed by atoms with E-state index in [1.54, 1.807) is 0 Å². The van der Waals surface area contributed by atoms with Crippen LogP contribution < -0.4 is 0 Å². The summed E-state index contributed by atoms with van der Waals surface area (Å²) >= 11 is 6.50. The van der Waals surface area contributed by atoms with Crippen molar-refractivity contribution in [3.05, 3.63) is 0 Å². The van der Waals surface area contributed by atoms with Gasteiger partial charge in [0.1, 0.15) is 0 Å². The molecular formula is C10H20ClP. The Labute approximate surface area is 82.6 Å². The molecule has 1 aliphatic rings. The zero-order valence-corrected chi connectivity index (χ0v) is 10.1. The lowest BCUT2D eigenvalue weighted by atomic mass is 10.0. The van der Waals surface area contributed by atoms with E-state index >= 15 is 0 Å². The maximum atomic E-state index is 6.50. The van der Waals surface area contributed by atoms with Crippen LogP contribution in [0.25, 0.3) is 0 Å². The second-order valence-electron chi connectivity index (χ2n) is 4.77. The summed E-state index contributed by atoms with van der Waals surface area (Å²) in [4.78, 5) is 0. The zero-order chi connectivity index (χ0) is 9.19. The molecule has 1 aliphatic carbocycles. The van der Waals surface area contributed by atoms with Crippen molar-refractivity contribution in [1.82, 2.24) is 0 Å². The van der Waals surface area contributed by atoms with Crippen molar-refractivity contribution < 1.29 is 0 Å². The smallest absolute Gasteiger partial charge is 0.00107 e. The highest BCUT2D eigenvalue weighted by Crippen LogP contribution is 2.60. The third-order valence-corrected chi connectivity index (χ3v) is 7.32. The van der Waals surface area contributed by atoms with Crippen LogP contribution in [0.15, 0.2) is 0 Å². The van der Waals surface area contributed by atoms with Crippen molar-refractivity contribution in [2.45, 2.75) is 63.7 Å². The highest BCUT2D eigenvalue weighted by molar-refractivity contribution is 7.85. The standard InChI is InChI=1S/C10H20ClP/c1-10(2,3)12(11)9-7-5-4-6-8-9/h9H,4-8H2,1-3H3. The minimum atomic E-state index is -0.268. The summed E-state index contributed by atoms with van der Waals surface area (Å²) in [6.07, 6.45) is 7.01. The molecule has 0 aromatic heterocycles. The molecule has 1 unspecified atom stereocenters. The van der Waals surface area contributed by atoms with Gasteiger partial charge in [-0.1, -0.05) is 51.3 Å². The van der Waals surface area contributed by atoms with Gasteiger partial charge >= 0.3 is 0 Å². The third-order valence-electron chi connectivity index (χ3n) is 2.54. The summed E-state index contributed by atoms with van der Waals surface area (Å²) in [7, 11) is -0.268. The van der Waals surface area contributed by atoms with E-state index in [0.717, 1.165) is 5.66 Å². The van der Waals surface area contributed by atoms with Crippen LogP contribution >= 0.6 is 18.5 Å². The van der Waals surface area contributed by atoms with E-state index in [4.69, 9.17) is 11.2 Å². The molecular weight excluding hydrogens is 187 g/mol. The molecule has 0 radical (unpaired) electrons. The normalized spacial score (nSPS) is 24.0. The molecule has 12 heavy (non-hydrogen) atoms. The average Bonchev–Trinajstić information content (AvgIpc) is 2.03. The molecule has 0 spiro atoms. The highest BCUT2D eigenvalue weighted by atomic mass is 35.7. The lowest BCUT2D eigenvalue weighted by Crippen LogP contribution is -2.19. The van der Waals surface area contributed by atoms with Gasteiger partial charge in [-0.25, -0.2) is 0 Å². The number of hydrogen-bond donors (Lipinski definition) is 0. The quantitative estimate of drug-likeness (QED) is 0.543.